The minimum atomic E-state index is 0.192. The van der Waals surface area contributed by atoms with E-state index < -0.39 is 0 Å². The van der Waals surface area contributed by atoms with Crippen LogP contribution < -0.4 is 0 Å². The van der Waals surface area contributed by atoms with Crippen molar-refractivity contribution < 1.29 is 4.79 Å². The van der Waals surface area contributed by atoms with Crippen LogP contribution in [0.2, 0.25) is 0 Å². The highest BCUT2D eigenvalue weighted by Gasteiger charge is 2.19. The number of carbonyl (C=O) groups is 1. The molecule has 26 heavy (non-hydrogen) atoms. The third-order valence-electron chi connectivity index (χ3n) is 5.10. The molecular formula is C22H21BrN2O. The van der Waals surface area contributed by atoms with Gasteiger partial charge in [-0.1, -0.05) is 52.3 Å². The molecule has 1 aromatic heterocycles. The number of nitrogens with one attached hydrogen (secondary N) is 1. The van der Waals surface area contributed by atoms with Crippen molar-refractivity contribution >= 4 is 38.3 Å². The molecule has 0 atom stereocenters. The number of benzene rings is 2. The van der Waals surface area contributed by atoms with Gasteiger partial charge >= 0.3 is 0 Å². The number of rotatable bonds is 3. The van der Waals surface area contributed by atoms with E-state index in [0.717, 1.165) is 23.0 Å². The van der Waals surface area contributed by atoms with Crippen molar-refractivity contribution in [2.75, 3.05) is 13.1 Å². The summed E-state index contributed by atoms with van der Waals surface area (Å²) in [5.74, 6) is 0.192. The highest BCUT2D eigenvalue weighted by atomic mass is 79.9. The van der Waals surface area contributed by atoms with Crippen LogP contribution in [0.4, 0.5) is 0 Å². The molecule has 0 bridgehead atoms. The largest absolute Gasteiger partial charge is 0.360 e. The van der Waals surface area contributed by atoms with Crippen molar-refractivity contribution in [3.63, 3.8) is 0 Å². The van der Waals surface area contributed by atoms with Gasteiger partial charge in [0.1, 0.15) is 0 Å². The van der Waals surface area contributed by atoms with Gasteiger partial charge in [0, 0.05) is 40.2 Å². The Labute approximate surface area is 161 Å². The van der Waals surface area contributed by atoms with E-state index in [-0.39, 0.29) is 5.91 Å². The van der Waals surface area contributed by atoms with Crippen molar-refractivity contribution in [3.05, 3.63) is 75.9 Å². The van der Waals surface area contributed by atoms with Crippen LogP contribution in [-0.2, 0) is 11.2 Å². The van der Waals surface area contributed by atoms with Gasteiger partial charge in [0.2, 0.25) is 5.91 Å². The second kappa shape index (κ2) is 7.12. The Morgan fingerprint density at radius 3 is 2.73 bits per heavy atom. The molecule has 0 unspecified atom stereocenters. The number of carbonyl (C=O) groups excluding carboxylic acids is 1. The average Bonchev–Trinajstić information content (AvgIpc) is 3.09. The number of amides is 1. The Kier molecular flexibility index (Phi) is 4.68. The fraction of sp³-hybridized carbons (Fsp3) is 0.227. The molecule has 2 aromatic carbocycles. The monoisotopic (exact) mass is 408 g/mol. The van der Waals surface area contributed by atoms with Gasteiger partial charge in [0.05, 0.1) is 6.42 Å². The zero-order chi connectivity index (χ0) is 18.1. The number of hydrogen-bond acceptors (Lipinski definition) is 1. The number of fused-ring (bicyclic) bond motifs is 1. The minimum Gasteiger partial charge on any atom is -0.360 e. The Bertz CT molecular complexity index is 985. The molecule has 1 N–H and O–H groups in total. The predicted octanol–water partition coefficient (Wildman–Crippen LogP) is 5.10. The van der Waals surface area contributed by atoms with Crippen LogP contribution in [0.3, 0.4) is 0 Å². The Hall–Kier alpha value is -2.33. The number of hydrogen-bond donors (Lipinski definition) is 1. The van der Waals surface area contributed by atoms with Gasteiger partial charge in [-0.25, -0.2) is 0 Å². The molecule has 0 radical (unpaired) electrons. The number of H-pyrrole nitrogens is 1. The van der Waals surface area contributed by atoms with Gasteiger partial charge in [-0.15, -0.1) is 0 Å². The summed E-state index contributed by atoms with van der Waals surface area (Å²) in [6, 6.07) is 14.4. The molecule has 1 aliphatic rings. The number of halogens is 1. The Morgan fingerprint density at radius 1 is 1.19 bits per heavy atom. The van der Waals surface area contributed by atoms with E-state index in [2.05, 4.69) is 58.3 Å². The number of aromatic amines is 1. The summed E-state index contributed by atoms with van der Waals surface area (Å²) < 4.78 is 1.04. The molecule has 0 fully saturated rings. The van der Waals surface area contributed by atoms with Crippen LogP contribution >= 0.6 is 15.9 Å². The molecule has 3 nitrogen and oxygen atoms in total. The number of aryl methyl sites for hydroxylation is 1. The number of nitrogens with zero attached hydrogens (tertiary/aromatic N) is 1. The first-order valence-electron chi connectivity index (χ1n) is 8.90. The minimum absolute atomic E-state index is 0.192. The van der Waals surface area contributed by atoms with E-state index in [1.54, 1.807) is 0 Å². The first kappa shape index (κ1) is 17.1. The zero-order valence-corrected chi connectivity index (χ0v) is 16.3. The molecule has 3 aromatic rings. The topological polar surface area (TPSA) is 36.1 Å². The third-order valence-corrected chi connectivity index (χ3v) is 5.63. The smallest absolute Gasteiger partial charge is 0.227 e. The van der Waals surface area contributed by atoms with Crippen LogP contribution in [0.1, 0.15) is 23.1 Å². The normalized spacial score (nSPS) is 14.5. The maximum atomic E-state index is 12.6. The average molecular weight is 409 g/mol. The quantitative estimate of drug-likeness (QED) is 0.642. The molecule has 0 saturated carbocycles. The van der Waals surface area contributed by atoms with Crippen LogP contribution in [0.5, 0.6) is 0 Å². The lowest BCUT2D eigenvalue weighted by molar-refractivity contribution is -0.130. The molecular weight excluding hydrogens is 388 g/mol. The van der Waals surface area contributed by atoms with Gasteiger partial charge in [0.15, 0.2) is 0 Å². The highest BCUT2D eigenvalue weighted by molar-refractivity contribution is 9.10. The molecule has 132 valence electrons. The van der Waals surface area contributed by atoms with Crippen LogP contribution in [0.25, 0.3) is 16.5 Å². The van der Waals surface area contributed by atoms with E-state index in [4.69, 9.17) is 0 Å². The van der Waals surface area contributed by atoms with Crippen molar-refractivity contribution in [3.8, 4) is 0 Å². The van der Waals surface area contributed by atoms with Crippen LogP contribution in [0, 0.1) is 6.92 Å². The number of aromatic nitrogens is 1. The first-order chi connectivity index (χ1) is 12.6. The highest BCUT2D eigenvalue weighted by Crippen LogP contribution is 2.30. The summed E-state index contributed by atoms with van der Waals surface area (Å²) in [5, 5.41) is 1.27. The van der Waals surface area contributed by atoms with Gasteiger partial charge in [-0.2, -0.15) is 0 Å². The van der Waals surface area contributed by atoms with Crippen LogP contribution in [0.15, 0.2) is 59.2 Å². The summed E-state index contributed by atoms with van der Waals surface area (Å²) in [5.41, 5.74) is 6.12. The lowest BCUT2D eigenvalue weighted by Crippen LogP contribution is -2.35. The Morgan fingerprint density at radius 2 is 2.00 bits per heavy atom. The standard InChI is InChI=1S/C22H21BrN2O/c1-15-3-2-4-19-20(14-24-22(15)19)17-9-11-25(12-10-17)21(26)13-16-5-7-18(23)8-6-16/h2-9,14,24H,10-13H2,1H3. The van der Waals surface area contributed by atoms with E-state index >= 15 is 0 Å². The third kappa shape index (κ3) is 3.34. The lowest BCUT2D eigenvalue weighted by Gasteiger charge is -2.26. The fourth-order valence-electron chi connectivity index (χ4n) is 3.60. The molecule has 1 aliphatic heterocycles. The molecule has 2 heterocycles. The number of para-hydroxylation sites is 1. The van der Waals surface area contributed by atoms with Crippen LogP contribution in [-0.4, -0.2) is 28.9 Å². The maximum Gasteiger partial charge on any atom is 0.227 e. The first-order valence-corrected chi connectivity index (χ1v) is 9.69. The zero-order valence-electron chi connectivity index (χ0n) is 14.8. The summed E-state index contributed by atoms with van der Waals surface area (Å²) in [4.78, 5) is 17.9. The Balaban J connectivity index is 1.48. The second-order valence-electron chi connectivity index (χ2n) is 6.82. The summed E-state index contributed by atoms with van der Waals surface area (Å²) in [7, 11) is 0. The molecule has 0 spiro atoms. The van der Waals surface area contributed by atoms with E-state index in [1.165, 1.54) is 27.6 Å². The fourth-order valence-corrected chi connectivity index (χ4v) is 3.86. The van der Waals surface area contributed by atoms with Gasteiger partial charge in [-0.05, 0) is 42.2 Å². The summed E-state index contributed by atoms with van der Waals surface area (Å²) in [6.45, 7) is 3.59. The van der Waals surface area contributed by atoms with Crippen molar-refractivity contribution in [1.29, 1.82) is 0 Å². The predicted molar refractivity (Wildman–Crippen MR) is 110 cm³/mol. The molecule has 0 aliphatic carbocycles. The van der Waals surface area contributed by atoms with Gasteiger partial charge in [0.25, 0.3) is 0 Å². The SMILES string of the molecule is Cc1cccc2c(C3=CCN(C(=O)Cc4ccc(Br)cc4)CC3)c[nH]c12. The van der Waals surface area contributed by atoms with E-state index in [0.29, 0.717) is 13.0 Å². The summed E-state index contributed by atoms with van der Waals surface area (Å²) in [6.07, 6.45) is 5.66. The maximum absolute atomic E-state index is 12.6. The van der Waals surface area contributed by atoms with Gasteiger partial charge in [-0.3, -0.25) is 4.79 Å². The van der Waals surface area contributed by atoms with Crippen molar-refractivity contribution in [1.82, 2.24) is 9.88 Å². The molecule has 1 amide bonds. The molecule has 4 rings (SSSR count). The van der Waals surface area contributed by atoms with E-state index in [1.807, 2.05) is 29.2 Å². The van der Waals surface area contributed by atoms with Crippen molar-refractivity contribution in [2.24, 2.45) is 0 Å². The van der Waals surface area contributed by atoms with Gasteiger partial charge < -0.3 is 9.88 Å². The summed E-state index contributed by atoms with van der Waals surface area (Å²) >= 11 is 3.43. The lowest BCUT2D eigenvalue weighted by atomic mass is 9.98. The second-order valence-corrected chi connectivity index (χ2v) is 7.74. The molecule has 4 heteroatoms. The van der Waals surface area contributed by atoms with Crippen molar-refractivity contribution in [2.45, 2.75) is 19.8 Å². The van der Waals surface area contributed by atoms with E-state index in [9.17, 15) is 4.79 Å². The molecule has 0 saturated heterocycles.